The number of nitrogens with zero attached hydrogens (tertiary/aromatic N) is 1. The maximum Gasteiger partial charge on any atom is 0.673 e. The number of aliphatic hydroxyl groups excluding tert-OH is 1. The second-order valence-electron chi connectivity index (χ2n) is 8.67. The Hall–Kier alpha value is -4.23. The molecule has 1 heterocycles. The van der Waals surface area contributed by atoms with Crippen molar-refractivity contribution < 1.29 is 26.9 Å². The van der Waals surface area contributed by atoms with Crippen molar-refractivity contribution in [2.24, 2.45) is 0 Å². The number of aromatic nitrogens is 1. The molecule has 0 aliphatic rings. The fourth-order valence-corrected chi connectivity index (χ4v) is 4.22. The van der Waals surface area contributed by atoms with E-state index >= 15 is 0 Å². The van der Waals surface area contributed by atoms with Crippen LogP contribution in [0.1, 0.15) is 11.1 Å². The van der Waals surface area contributed by atoms with Crippen molar-refractivity contribution >= 4 is 7.25 Å². The number of aliphatic hydroxyl groups is 1. The minimum absolute atomic E-state index is 0.0593. The lowest BCUT2D eigenvalue weighted by Gasteiger charge is -2.13. The van der Waals surface area contributed by atoms with Gasteiger partial charge in [0.15, 0.2) is 6.54 Å². The molecule has 7 heteroatoms. The van der Waals surface area contributed by atoms with Crippen molar-refractivity contribution in [1.29, 1.82) is 0 Å². The molecule has 0 atom stereocenters. The molecular weight excluding hydrogens is 489 g/mol. The summed E-state index contributed by atoms with van der Waals surface area (Å²) in [7, 11) is -6.00. The van der Waals surface area contributed by atoms with Gasteiger partial charge in [0.2, 0.25) is 11.4 Å². The molecule has 0 aliphatic carbocycles. The summed E-state index contributed by atoms with van der Waals surface area (Å²) in [4.78, 5) is 0. The lowest BCUT2D eigenvalue weighted by Crippen LogP contribution is -2.39. The highest BCUT2D eigenvalue weighted by Gasteiger charge is 2.23. The van der Waals surface area contributed by atoms with E-state index < -0.39 is 7.25 Å². The smallest absolute Gasteiger partial charge is 0.418 e. The first-order chi connectivity index (χ1) is 18.3. The van der Waals surface area contributed by atoms with Crippen LogP contribution < -0.4 is 4.57 Å². The summed E-state index contributed by atoms with van der Waals surface area (Å²) in [6.07, 6.45) is 0. The number of pyridine rings is 1. The van der Waals surface area contributed by atoms with Gasteiger partial charge in [0.05, 0.1) is 6.61 Å². The number of hydrogen-bond donors (Lipinski definition) is 1. The molecule has 38 heavy (non-hydrogen) atoms. The van der Waals surface area contributed by atoms with Crippen LogP contribution in [-0.4, -0.2) is 12.4 Å². The summed E-state index contributed by atoms with van der Waals surface area (Å²) < 4.78 is 41.4. The van der Waals surface area contributed by atoms with E-state index in [0.29, 0.717) is 0 Å². The van der Waals surface area contributed by atoms with Crippen molar-refractivity contribution in [2.45, 2.75) is 13.2 Å². The molecule has 0 aliphatic heterocycles. The Labute approximate surface area is 219 Å². The van der Waals surface area contributed by atoms with E-state index in [0.717, 1.165) is 12.1 Å². The Balaban J connectivity index is 0.000000617. The Kier molecular flexibility index (Phi) is 8.71. The van der Waals surface area contributed by atoms with Crippen LogP contribution in [0.2, 0.25) is 0 Å². The normalized spacial score (nSPS) is 11.0. The van der Waals surface area contributed by atoms with E-state index in [2.05, 4.69) is 120 Å². The average Bonchev–Trinajstić information content (AvgIpc) is 2.94. The topological polar surface area (TPSA) is 24.1 Å². The summed E-state index contributed by atoms with van der Waals surface area (Å²) in [5.41, 5.74) is 9.21. The van der Waals surface area contributed by atoms with Gasteiger partial charge in [0.25, 0.3) is 0 Å². The maximum absolute atomic E-state index is 9.75. The molecule has 0 fully saturated rings. The van der Waals surface area contributed by atoms with Gasteiger partial charge >= 0.3 is 7.25 Å². The lowest BCUT2D eigenvalue weighted by atomic mass is 9.98. The largest absolute Gasteiger partial charge is 0.673 e. The van der Waals surface area contributed by atoms with Crippen LogP contribution in [0.15, 0.2) is 127 Å². The first kappa shape index (κ1) is 26.8. The predicted molar refractivity (Wildman–Crippen MR) is 145 cm³/mol. The molecule has 5 rings (SSSR count). The molecule has 1 aromatic heterocycles. The van der Waals surface area contributed by atoms with Crippen LogP contribution in [0, 0.1) is 0 Å². The third kappa shape index (κ3) is 7.40. The summed E-state index contributed by atoms with van der Waals surface area (Å²) >= 11 is 0. The van der Waals surface area contributed by atoms with Gasteiger partial charge in [-0.05, 0) is 41.0 Å². The molecule has 0 bridgehead atoms. The minimum atomic E-state index is -6.00. The van der Waals surface area contributed by atoms with E-state index in [1.54, 1.807) is 0 Å². The van der Waals surface area contributed by atoms with E-state index in [-0.39, 0.29) is 6.61 Å². The Morgan fingerprint density at radius 2 is 0.868 bits per heavy atom. The lowest BCUT2D eigenvalue weighted by molar-refractivity contribution is -0.666. The SMILES string of the molecule is F[B-](F)(F)F.OCc1ccc(C[n+]2c(-c3ccccc3)cc(-c3ccccc3)cc2-c2ccccc2)cc1. The van der Waals surface area contributed by atoms with Gasteiger partial charge in [-0.2, -0.15) is 4.57 Å². The molecule has 5 aromatic rings. The number of rotatable bonds is 6. The third-order valence-electron chi connectivity index (χ3n) is 5.96. The van der Waals surface area contributed by atoms with Crippen LogP contribution >= 0.6 is 0 Å². The van der Waals surface area contributed by atoms with E-state index in [1.165, 1.54) is 39.2 Å². The third-order valence-corrected chi connectivity index (χ3v) is 5.96. The molecular formula is C31H26BF4NO. The van der Waals surface area contributed by atoms with Crippen LogP contribution in [0.25, 0.3) is 33.6 Å². The molecule has 0 radical (unpaired) electrons. The molecule has 0 saturated carbocycles. The molecule has 0 spiro atoms. The Morgan fingerprint density at radius 1 is 0.500 bits per heavy atom. The van der Waals surface area contributed by atoms with Gasteiger partial charge in [-0.1, -0.05) is 91.0 Å². The zero-order chi connectivity index (χ0) is 27.0. The molecule has 0 unspecified atom stereocenters. The van der Waals surface area contributed by atoms with Crippen LogP contribution in [-0.2, 0) is 13.2 Å². The van der Waals surface area contributed by atoms with Gasteiger partial charge in [-0.25, -0.2) is 0 Å². The van der Waals surface area contributed by atoms with Crippen molar-refractivity contribution in [2.75, 3.05) is 0 Å². The van der Waals surface area contributed by atoms with Crippen LogP contribution in [0.4, 0.5) is 17.3 Å². The molecule has 192 valence electrons. The van der Waals surface area contributed by atoms with E-state index in [4.69, 9.17) is 0 Å². The van der Waals surface area contributed by atoms with Gasteiger partial charge < -0.3 is 22.4 Å². The Bertz CT molecular complexity index is 1380. The second-order valence-corrected chi connectivity index (χ2v) is 8.67. The van der Waals surface area contributed by atoms with Gasteiger partial charge in [0.1, 0.15) is 0 Å². The zero-order valence-corrected chi connectivity index (χ0v) is 20.5. The summed E-state index contributed by atoms with van der Waals surface area (Å²) in [5, 5.41) is 9.44. The van der Waals surface area contributed by atoms with Crippen molar-refractivity contribution in [3.63, 3.8) is 0 Å². The quantitative estimate of drug-likeness (QED) is 0.139. The highest BCUT2D eigenvalue weighted by atomic mass is 19.5. The molecule has 2 nitrogen and oxygen atoms in total. The highest BCUT2D eigenvalue weighted by Crippen LogP contribution is 2.29. The molecule has 0 amide bonds. The minimum Gasteiger partial charge on any atom is -0.418 e. The molecule has 0 saturated heterocycles. The monoisotopic (exact) mass is 515 g/mol. The van der Waals surface area contributed by atoms with Crippen LogP contribution in [0.5, 0.6) is 0 Å². The van der Waals surface area contributed by atoms with Crippen molar-refractivity contribution in [1.82, 2.24) is 0 Å². The number of hydrogen-bond acceptors (Lipinski definition) is 1. The summed E-state index contributed by atoms with van der Waals surface area (Å²) in [6.45, 7) is 0.791. The standard InChI is InChI=1S/C31H26NO.BF4/c33-23-25-18-16-24(17-19-25)22-32-30(27-12-6-2-7-13-27)20-29(26-10-4-1-5-11-26)21-31(32)28-14-8-3-9-15-28;2-1(3,4)5/h1-21,33H,22-23H2;/q+1;-1. The van der Waals surface area contributed by atoms with Gasteiger partial charge in [-0.15, -0.1) is 0 Å². The first-order valence-corrected chi connectivity index (χ1v) is 12.1. The van der Waals surface area contributed by atoms with Gasteiger partial charge in [0, 0.05) is 28.8 Å². The first-order valence-electron chi connectivity index (χ1n) is 12.1. The molecule has 1 N–H and O–H groups in total. The van der Waals surface area contributed by atoms with Crippen molar-refractivity contribution in [3.8, 4) is 33.6 Å². The number of halogens is 4. The molecule has 4 aromatic carbocycles. The second kappa shape index (κ2) is 12.3. The summed E-state index contributed by atoms with van der Waals surface area (Å²) in [6, 6.07) is 44.5. The average molecular weight is 515 g/mol. The van der Waals surface area contributed by atoms with E-state index in [1.807, 2.05) is 12.1 Å². The van der Waals surface area contributed by atoms with Gasteiger partial charge in [-0.3, -0.25) is 0 Å². The van der Waals surface area contributed by atoms with Crippen molar-refractivity contribution in [3.05, 3.63) is 139 Å². The fourth-order valence-electron chi connectivity index (χ4n) is 4.22. The highest BCUT2D eigenvalue weighted by molar-refractivity contribution is 6.50. The summed E-state index contributed by atoms with van der Waals surface area (Å²) in [5.74, 6) is 0. The van der Waals surface area contributed by atoms with Crippen LogP contribution in [0.3, 0.4) is 0 Å². The zero-order valence-electron chi connectivity index (χ0n) is 20.5. The fraction of sp³-hybridized carbons (Fsp3) is 0.0645. The predicted octanol–water partition coefficient (Wildman–Crippen LogP) is 7.82. The number of benzene rings is 4. The van der Waals surface area contributed by atoms with E-state index in [9.17, 15) is 22.4 Å². The Morgan fingerprint density at radius 3 is 1.26 bits per heavy atom. The maximum atomic E-state index is 9.75.